The first-order chi connectivity index (χ1) is 14.6. The molecule has 1 fully saturated rings. The first kappa shape index (κ1) is 21.1. The second kappa shape index (κ2) is 9.77. The third-order valence-electron chi connectivity index (χ3n) is 5.79. The average Bonchev–Trinajstić information content (AvgIpc) is 3.31. The van der Waals surface area contributed by atoms with Gasteiger partial charge in [-0.15, -0.1) is 0 Å². The van der Waals surface area contributed by atoms with Crippen LogP contribution < -0.4 is 5.32 Å². The second-order valence-electron chi connectivity index (χ2n) is 8.25. The number of piperidine rings is 1. The van der Waals surface area contributed by atoms with Gasteiger partial charge in [-0.25, -0.2) is 0 Å². The van der Waals surface area contributed by atoms with E-state index in [1.165, 1.54) is 18.4 Å². The predicted octanol–water partition coefficient (Wildman–Crippen LogP) is 4.08. The zero-order chi connectivity index (χ0) is 20.9. The largest absolute Gasteiger partial charge is 0.361 e. The van der Waals surface area contributed by atoms with E-state index in [4.69, 9.17) is 16.1 Å². The number of halogens is 1. The molecule has 1 aliphatic rings. The predicted molar refractivity (Wildman–Crippen MR) is 119 cm³/mol. The molecule has 1 aliphatic heterocycles. The summed E-state index contributed by atoms with van der Waals surface area (Å²) in [6.07, 6.45) is 3.55. The molecule has 0 bridgehead atoms. The number of nitrogens with one attached hydrogen (secondary N) is 1. The molecule has 3 heterocycles. The number of rotatable bonds is 8. The van der Waals surface area contributed by atoms with E-state index in [0.29, 0.717) is 11.1 Å². The molecule has 3 aromatic rings. The van der Waals surface area contributed by atoms with Crippen LogP contribution in [0.1, 0.15) is 29.7 Å². The molecule has 1 N–H and O–H groups in total. The summed E-state index contributed by atoms with van der Waals surface area (Å²) in [6, 6.07) is 12.6. The van der Waals surface area contributed by atoms with Gasteiger partial charge in [0.2, 0.25) is 0 Å². The van der Waals surface area contributed by atoms with Gasteiger partial charge in [-0.1, -0.05) is 47.1 Å². The molecule has 4 rings (SSSR count). The lowest BCUT2D eigenvalue weighted by Gasteiger charge is -2.33. The van der Waals surface area contributed by atoms with Crippen molar-refractivity contribution in [1.29, 1.82) is 0 Å². The summed E-state index contributed by atoms with van der Waals surface area (Å²) in [7, 11) is 1.87. The van der Waals surface area contributed by atoms with Crippen molar-refractivity contribution in [3.05, 3.63) is 58.4 Å². The molecular weight excluding hydrogens is 398 g/mol. The number of hydrogen-bond acceptors (Lipinski definition) is 5. The molecule has 1 saturated heterocycles. The maximum Gasteiger partial charge on any atom is 0.134 e. The summed E-state index contributed by atoms with van der Waals surface area (Å²) in [5, 5.41) is 13.1. The van der Waals surface area contributed by atoms with E-state index in [1.54, 1.807) is 4.68 Å². The van der Waals surface area contributed by atoms with Crippen molar-refractivity contribution in [1.82, 2.24) is 25.2 Å². The molecule has 7 heteroatoms. The first-order valence-corrected chi connectivity index (χ1v) is 11.1. The highest BCUT2D eigenvalue weighted by atomic mass is 35.5. The van der Waals surface area contributed by atoms with Gasteiger partial charge in [0.05, 0.1) is 0 Å². The van der Waals surface area contributed by atoms with E-state index in [2.05, 4.69) is 50.8 Å². The first-order valence-electron chi connectivity index (χ1n) is 10.7. The summed E-state index contributed by atoms with van der Waals surface area (Å²) < 4.78 is 6.98. The van der Waals surface area contributed by atoms with E-state index in [0.717, 1.165) is 61.9 Å². The van der Waals surface area contributed by atoms with Crippen molar-refractivity contribution in [2.75, 3.05) is 26.2 Å². The molecule has 0 spiro atoms. The molecule has 1 aromatic carbocycles. The van der Waals surface area contributed by atoms with Crippen LogP contribution in [-0.4, -0.2) is 46.0 Å². The Labute approximate surface area is 183 Å². The molecular formula is C23H30ClN5O. The number of hydrogen-bond donors (Lipinski definition) is 1. The zero-order valence-corrected chi connectivity index (χ0v) is 18.5. The fourth-order valence-electron chi connectivity index (χ4n) is 4.24. The SMILES string of the molecule is Cc1cc(-c2nn(C)c(Cl)c2CN2CCCC(CNCCc3ccccc3)C2)no1. The molecule has 30 heavy (non-hydrogen) atoms. The van der Waals surface area contributed by atoms with E-state index in [-0.39, 0.29) is 0 Å². The van der Waals surface area contributed by atoms with E-state index >= 15 is 0 Å². The number of aryl methyl sites for hydroxylation is 2. The number of nitrogens with zero attached hydrogens (tertiary/aromatic N) is 4. The summed E-state index contributed by atoms with van der Waals surface area (Å²) in [5.41, 5.74) is 3.99. The summed E-state index contributed by atoms with van der Waals surface area (Å²) in [5.74, 6) is 1.43. The van der Waals surface area contributed by atoms with Gasteiger partial charge in [0.1, 0.15) is 22.3 Å². The van der Waals surface area contributed by atoms with Crippen LogP contribution in [0.5, 0.6) is 0 Å². The zero-order valence-electron chi connectivity index (χ0n) is 17.8. The normalized spacial score (nSPS) is 17.5. The van der Waals surface area contributed by atoms with Crippen LogP contribution in [0.25, 0.3) is 11.4 Å². The van der Waals surface area contributed by atoms with Gasteiger partial charge in [-0.3, -0.25) is 9.58 Å². The topological polar surface area (TPSA) is 59.1 Å². The van der Waals surface area contributed by atoms with Gasteiger partial charge in [-0.05, 0) is 57.3 Å². The van der Waals surface area contributed by atoms with Gasteiger partial charge < -0.3 is 9.84 Å². The lowest BCUT2D eigenvalue weighted by molar-refractivity contribution is 0.165. The van der Waals surface area contributed by atoms with Crippen molar-refractivity contribution >= 4 is 11.6 Å². The lowest BCUT2D eigenvalue weighted by atomic mass is 9.97. The minimum absolute atomic E-state index is 0.655. The Morgan fingerprint density at radius 3 is 2.87 bits per heavy atom. The minimum atomic E-state index is 0.655. The molecule has 0 radical (unpaired) electrons. The Kier molecular flexibility index (Phi) is 6.87. The summed E-state index contributed by atoms with van der Waals surface area (Å²) >= 11 is 6.59. The summed E-state index contributed by atoms with van der Waals surface area (Å²) in [6.45, 7) is 6.91. The number of benzene rings is 1. The van der Waals surface area contributed by atoms with Crippen molar-refractivity contribution < 1.29 is 4.52 Å². The van der Waals surface area contributed by atoms with Gasteiger partial charge in [0.25, 0.3) is 0 Å². The van der Waals surface area contributed by atoms with E-state index in [9.17, 15) is 0 Å². The van der Waals surface area contributed by atoms with Gasteiger partial charge in [0, 0.05) is 31.8 Å². The van der Waals surface area contributed by atoms with Crippen molar-refractivity contribution in [3.8, 4) is 11.4 Å². The Morgan fingerprint density at radius 2 is 2.10 bits per heavy atom. The third-order valence-corrected chi connectivity index (χ3v) is 6.26. The van der Waals surface area contributed by atoms with Crippen molar-refractivity contribution in [3.63, 3.8) is 0 Å². The average molecular weight is 428 g/mol. The molecule has 6 nitrogen and oxygen atoms in total. The number of aromatic nitrogens is 3. The molecule has 1 unspecified atom stereocenters. The Hall–Kier alpha value is -2.15. The van der Waals surface area contributed by atoms with E-state index < -0.39 is 0 Å². The maximum atomic E-state index is 6.59. The Morgan fingerprint density at radius 1 is 1.27 bits per heavy atom. The monoisotopic (exact) mass is 427 g/mol. The van der Waals surface area contributed by atoms with Crippen LogP contribution in [-0.2, 0) is 20.0 Å². The molecule has 2 aromatic heterocycles. The Bertz CT molecular complexity index is 952. The maximum absolute atomic E-state index is 6.59. The summed E-state index contributed by atoms with van der Waals surface area (Å²) in [4.78, 5) is 2.49. The van der Waals surface area contributed by atoms with E-state index in [1.807, 2.05) is 20.0 Å². The fraction of sp³-hybridized carbons (Fsp3) is 0.478. The van der Waals surface area contributed by atoms with Crippen LogP contribution in [0.4, 0.5) is 0 Å². The van der Waals surface area contributed by atoms with Gasteiger partial charge in [0.15, 0.2) is 0 Å². The molecule has 0 aliphatic carbocycles. The van der Waals surface area contributed by atoms with Crippen LogP contribution >= 0.6 is 11.6 Å². The van der Waals surface area contributed by atoms with Crippen molar-refractivity contribution in [2.45, 2.75) is 32.7 Å². The molecule has 1 atom stereocenters. The standard InChI is InChI=1S/C23H30ClN5O/c1-17-13-21(27-30-17)22-20(23(24)28(2)26-22)16-29-12-6-9-19(15-29)14-25-11-10-18-7-4-3-5-8-18/h3-5,7-8,13,19,25H,6,9-12,14-16H2,1-2H3. The molecule has 0 saturated carbocycles. The van der Waals surface area contributed by atoms with Crippen LogP contribution in [0.2, 0.25) is 5.15 Å². The Balaban J connectivity index is 1.33. The third kappa shape index (κ3) is 5.12. The second-order valence-corrected chi connectivity index (χ2v) is 8.61. The van der Waals surface area contributed by atoms with Gasteiger partial charge >= 0.3 is 0 Å². The highest BCUT2D eigenvalue weighted by Gasteiger charge is 2.25. The quantitative estimate of drug-likeness (QED) is 0.549. The van der Waals surface area contributed by atoms with Gasteiger partial charge in [-0.2, -0.15) is 5.10 Å². The number of likely N-dealkylation sites (tertiary alicyclic amines) is 1. The van der Waals surface area contributed by atoms with Crippen LogP contribution in [0, 0.1) is 12.8 Å². The fourth-order valence-corrected chi connectivity index (χ4v) is 4.43. The van der Waals surface area contributed by atoms with Crippen LogP contribution in [0.3, 0.4) is 0 Å². The molecule has 160 valence electrons. The van der Waals surface area contributed by atoms with Crippen LogP contribution in [0.15, 0.2) is 40.9 Å². The highest BCUT2D eigenvalue weighted by molar-refractivity contribution is 6.30. The smallest absolute Gasteiger partial charge is 0.134 e. The van der Waals surface area contributed by atoms with Crippen molar-refractivity contribution in [2.24, 2.45) is 13.0 Å². The highest BCUT2D eigenvalue weighted by Crippen LogP contribution is 2.30. The molecule has 0 amide bonds. The minimum Gasteiger partial charge on any atom is -0.361 e. The lowest BCUT2D eigenvalue weighted by Crippen LogP contribution is -2.39.